The predicted molar refractivity (Wildman–Crippen MR) is 146 cm³/mol. The summed E-state index contributed by atoms with van der Waals surface area (Å²) in [6, 6.07) is 32.4. The van der Waals surface area contributed by atoms with Crippen molar-refractivity contribution in [2.24, 2.45) is 0 Å². The number of aliphatic hydroxyl groups is 4. The average molecular weight is 810 g/mol. The predicted octanol–water partition coefficient (Wildman–Crippen LogP) is -2.13. The molecule has 0 aromatic heterocycles. The van der Waals surface area contributed by atoms with E-state index in [-0.39, 0.29) is 39.0 Å². The first-order valence-electron chi connectivity index (χ1n) is 12.6. The Morgan fingerprint density at radius 2 is 0.478 bits per heavy atom. The van der Waals surface area contributed by atoms with E-state index in [0.29, 0.717) is 22.3 Å². The average Bonchev–Trinajstić information content (AvgIpc) is 3.05. The molecule has 4 rings (SSSR count). The number of benzene rings is 4. The molecule has 2 radical (unpaired) electrons. The number of carboxylic acid groups (broad SMARTS) is 4. The second-order valence-corrected chi connectivity index (χ2v) is 8.53. The molecule has 14 heteroatoms. The van der Waals surface area contributed by atoms with Gasteiger partial charge in [0, 0.05) is 0 Å². The van der Waals surface area contributed by atoms with E-state index in [9.17, 15) is 39.6 Å². The van der Waals surface area contributed by atoms with Crippen LogP contribution in [0.15, 0.2) is 121 Å². The molecule has 0 spiro atoms. The molecule has 0 fully saturated rings. The van der Waals surface area contributed by atoms with Crippen molar-refractivity contribution in [2.75, 3.05) is 0 Å². The van der Waals surface area contributed by atoms with Gasteiger partial charge in [0.15, 0.2) is 0 Å². The quantitative estimate of drug-likeness (QED) is 0.140. The third kappa shape index (κ3) is 16.8. The van der Waals surface area contributed by atoms with Crippen molar-refractivity contribution in [3.05, 3.63) is 144 Å². The van der Waals surface area contributed by atoms with Crippen molar-refractivity contribution >= 4 is 23.9 Å². The van der Waals surface area contributed by atoms with Crippen molar-refractivity contribution in [1.82, 2.24) is 0 Å². The van der Waals surface area contributed by atoms with Crippen LogP contribution in [0.3, 0.4) is 0 Å². The maximum absolute atomic E-state index is 10.1. The maximum Gasteiger partial charge on any atom is 2.00 e. The molecule has 0 heterocycles. The molecule has 4 aromatic rings. The third-order valence-corrected chi connectivity index (χ3v) is 5.35. The van der Waals surface area contributed by atoms with Crippen LogP contribution in [0.4, 0.5) is 0 Å². The minimum atomic E-state index is -1.52. The minimum absolute atomic E-state index is 0. The first kappa shape index (κ1) is 44.0. The fraction of sp³-hybridized carbons (Fsp3) is 0.125. The number of carboxylic acids is 4. The smallest absolute Gasteiger partial charge is 0.547 e. The maximum atomic E-state index is 10.1. The second-order valence-electron chi connectivity index (χ2n) is 8.53. The Labute approximate surface area is 289 Å². The van der Waals surface area contributed by atoms with Crippen LogP contribution in [0, 0.1) is 0 Å². The van der Waals surface area contributed by atoms with Gasteiger partial charge in [0.2, 0.25) is 0 Å². The summed E-state index contributed by atoms with van der Waals surface area (Å²) in [5.41, 5.74) is 1.36. The van der Waals surface area contributed by atoms with Crippen molar-refractivity contribution in [1.29, 1.82) is 0 Å². The molecular weight excluding hydrogens is 782 g/mol. The molecule has 246 valence electrons. The van der Waals surface area contributed by atoms with Crippen molar-refractivity contribution in [3.63, 3.8) is 0 Å². The van der Waals surface area contributed by atoms with E-state index >= 15 is 0 Å². The molecule has 0 aliphatic rings. The topological polar surface area (TPSA) is 241 Å². The number of hydrogen-bond acceptors (Lipinski definition) is 12. The van der Waals surface area contributed by atoms with Gasteiger partial charge < -0.3 is 60.0 Å². The van der Waals surface area contributed by atoms with Crippen LogP contribution in [0.25, 0.3) is 0 Å². The van der Waals surface area contributed by atoms with Crippen LogP contribution in [-0.4, -0.2) is 44.3 Å². The fourth-order valence-electron chi connectivity index (χ4n) is 3.09. The summed E-state index contributed by atoms with van der Waals surface area (Å²) >= 11 is 0. The van der Waals surface area contributed by atoms with Crippen LogP contribution >= 0.6 is 0 Å². The van der Waals surface area contributed by atoms with E-state index in [1.165, 1.54) is 48.5 Å². The third-order valence-electron chi connectivity index (χ3n) is 5.35. The number of carbonyl (C=O) groups excluding carboxylic acids is 4. The standard InChI is InChI=1S/4C8H8O3.2Rh/c4*9-7(8(10)11)6-4-2-1-3-5-6;;/h4*1-5,7,9H,(H,10,11);;/q;;;;2*+2/p-4. The van der Waals surface area contributed by atoms with Gasteiger partial charge in [0.05, 0.1) is 23.9 Å². The van der Waals surface area contributed by atoms with Crippen LogP contribution < -0.4 is 20.4 Å². The summed E-state index contributed by atoms with van der Waals surface area (Å²) in [5, 5.41) is 76.3. The van der Waals surface area contributed by atoms with Crippen molar-refractivity contribution < 1.29 is 99.0 Å². The van der Waals surface area contributed by atoms with Gasteiger partial charge in [-0.3, -0.25) is 0 Å². The van der Waals surface area contributed by atoms with Crippen LogP contribution in [0.1, 0.15) is 46.7 Å². The van der Waals surface area contributed by atoms with E-state index in [1.54, 1.807) is 72.8 Å². The van der Waals surface area contributed by atoms with Gasteiger partial charge in [0.1, 0.15) is 24.4 Å². The van der Waals surface area contributed by atoms with E-state index in [1.807, 2.05) is 0 Å². The Bertz CT molecular complexity index is 1200. The zero-order chi connectivity index (χ0) is 33.1. The van der Waals surface area contributed by atoms with Crippen LogP contribution in [-0.2, 0) is 58.1 Å². The summed E-state index contributed by atoms with van der Waals surface area (Å²) in [7, 11) is 0. The molecule has 4 atom stereocenters. The van der Waals surface area contributed by atoms with Gasteiger partial charge in [0.25, 0.3) is 0 Å². The summed E-state index contributed by atoms with van der Waals surface area (Å²) in [6.07, 6.45) is -6.07. The SMILES string of the molecule is O=C([O-])C(O)c1ccccc1.O=C([O-])C(O)c1ccccc1.O=C([O-])C(O)c1ccccc1.O=C([O-])C(O)c1ccccc1.[Rh+2].[Rh+2]. The van der Waals surface area contributed by atoms with Gasteiger partial charge in [-0.2, -0.15) is 0 Å². The molecule has 4 N–H and O–H groups in total. The van der Waals surface area contributed by atoms with E-state index in [4.69, 9.17) is 20.4 Å². The normalized spacial score (nSPS) is 11.9. The molecule has 4 unspecified atom stereocenters. The monoisotopic (exact) mass is 810 g/mol. The van der Waals surface area contributed by atoms with Crippen molar-refractivity contribution in [3.8, 4) is 0 Å². The fourth-order valence-corrected chi connectivity index (χ4v) is 3.09. The molecule has 46 heavy (non-hydrogen) atoms. The molecule has 4 aromatic carbocycles. The first-order valence-corrected chi connectivity index (χ1v) is 12.6. The van der Waals surface area contributed by atoms with E-state index < -0.39 is 48.3 Å². The summed E-state index contributed by atoms with van der Waals surface area (Å²) < 4.78 is 0. The minimum Gasteiger partial charge on any atom is -0.547 e. The Morgan fingerprint density at radius 3 is 0.587 bits per heavy atom. The second kappa shape index (κ2) is 24.1. The Hall–Kier alpha value is -4.15. The zero-order valence-corrected chi connectivity index (χ0v) is 26.9. The van der Waals surface area contributed by atoms with Crippen molar-refractivity contribution in [2.45, 2.75) is 24.4 Å². The zero-order valence-electron chi connectivity index (χ0n) is 23.6. The molecule has 0 saturated heterocycles. The molecular formula is C32H28O12Rh2. The van der Waals surface area contributed by atoms with E-state index in [2.05, 4.69) is 0 Å². The van der Waals surface area contributed by atoms with Gasteiger partial charge in [-0.05, 0) is 22.3 Å². The number of carbonyl (C=O) groups is 4. The number of aliphatic hydroxyl groups excluding tert-OH is 4. The van der Waals surface area contributed by atoms with E-state index in [0.717, 1.165) is 0 Å². The van der Waals surface area contributed by atoms with Gasteiger partial charge in [-0.25, -0.2) is 0 Å². The summed E-state index contributed by atoms with van der Waals surface area (Å²) in [4.78, 5) is 40.6. The summed E-state index contributed by atoms with van der Waals surface area (Å²) in [5.74, 6) is -5.90. The molecule has 0 aliphatic heterocycles. The number of rotatable bonds is 8. The Morgan fingerprint density at radius 1 is 0.348 bits per heavy atom. The Balaban J connectivity index is 0. The van der Waals surface area contributed by atoms with Gasteiger partial charge in [-0.15, -0.1) is 0 Å². The van der Waals surface area contributed by atoms with Gasteiger partial charge in [-0.1, -0.05) is 121 Å². The molecule has 0 saturated carbocycles. The number of hydrogen-bond donors (Lipinski definition) is 4. The Kier molecular flexibility index (Phi) is 23.1. The van der Waals surface area contributed by atoms with Gasteiger partial charge >= 0.3 is 39.0 Å². The van der Waals surface area contributed by atoms with Crippen LogP contribution in [0.2, 0.25) is 0 Å². The molecule has 0 bridgehead atoms. The van der Waals surface area contributed by atoms with Crippen LogP contribution in [0.5, 0.6) is 0 Å². The largest absolute Gasteiger partial charge is 2.00 e. The molecule has 12 nitrogen and oxygen atoms in total. The number of aliphatic carboxylic acids is 4. The molecule has 0 amide bonds. The summed E-state index contributed by atoms with van der Waals surface area (Å²) in [6.45, 7) is 0. The molecule has 0 aliphatic carbocycles. The first-order chi connectivity index (χ1) is 20.9.